The van der Waals surface area contributed by atoms with Gasteiger partial charge in [0.05, 0.1) is 10.7 Å². The number of halogens is 1. The van der Waals surface area contributed by atoms with Crippen molar-refractivity contribution in [3.63, 3.8) is 0 Å². The van der Waals surface area contributed by atoms with Gasteiger partial charge in [0.2, 0.25) is 6.10 Å². The van der Waals surface area contributed by atoms with E-state index in [9.17, 15) is 4.79 Å². The van der Waals surface area contributed by atoms with Crippen molar-refractivity contribution in [2.45, 2.75) is 6.10 Å². The SMILES string of the molecule is Nc1ccc(NC(=O)C2COc3ccccc3O2)cc1Cl. The average molecular weight is 305 g/mol. The number of para-hydroxylation sites is 2. The van der Waals surface area contributed by atoms with Gasteiger partial charge in [-0.2, -0.15) is 0 Å². The first kappa shape index (κ1) is 13.6. The van der Waals surface area contributed by atoms with Gasteiger partial charge < -0.3 is 20.5 Å². The third-order valence-corrected chi connectivity index (χ3v) is 3.40. The quantitative estimate of drug-likeness (QED) is 0.837. The first-order chi connectivity index (χ1) is 10.1. The Bertz CT molecular complexity index is 690. The third-order valence-electron chi connectivity index (χ3n) is 3.07. The maximum absolute atomic E-state index is 12.2. The lowest BCUT2D eigenvalue weighted by molar-refractivity contribution is -0.125. The zero-order valence-corrected chi connectivity index (χ0v) is 11.8. The van der Waals surface area contributed by atoms with Crippen LogP contribution in [0.5, 0.6) is 11.5 Å². The molecule has 1 unspecified atom stereocenters. The van der Waals surface area contributed by atoms with Crippen LogP contribution in [0.1, 0.15) is 0 Å². The zero-order valence-electron chi connectivity index (χ0n) is 11.0. The molecule has 5 nitrogen and oxygen atoms in total. The highest BCUT2D eigenvalue weighted by Gasteiger charge is 2.27. The lowest BCUT2D eigenvalue weighted by atomic mass is 10.2. The molecule has 108 valence electrons. The highest BCUT2D eigenvalue weighted by Crippen LogP contribution is 2.31. The summed E-state index contributed by atoms with van der Waals surface area (Å²) in [4.78, 5) is 12.2. The molecule has 0 radical (unpaired) electrons. The number of carbonyl (C=O) groups excluding carboxylic acids is 1. The van der Waals surface area contributed by atoms with Gasteiger partial charge in [-0.25, -0.2) is 0 Å². The molecule has 0 spiro atoms. The fraction of sp³-hybridized carbons (Fsp3) is 0.133. The normalized spacial score (nSPS) is 16.3. The Morgan fingerprint density at radius 2 is 2.00 bits per heavy atom. The predicted molar refractivity (Wildman–Crippen MR) is 80.8 cm³/mol. The van der Waals surface area contributed by atoms with E-state index in [0.717, 1.165) is 0 Å². The van der Waals surface area contributed by atoms with Crippen molar-refractivity contribution in [2.24, 2.45) is 0 Å². The minimum atomic E-state index is -0.712. The molecule has 0 fully saturated rings. The molecule has 6 heteroatoms. The van der Waals surface area contributed by atoms with Crippen molar-refractivity contribution in [2.75, 3.05) is 17.7 Å². The molecule has 1 aliphatic rings. The van der Waals surface area contributed by atoms with Crippen molar-refractivity contribution < 1.29 is 14.3 Å². The Morgan fingerprint density at radius 1 is 1.24 bits per heavy atom. The standard InChI is InChI=1S/C15H13ClN2O3/c16-10-7-9(5-6-11(10)17)18-15(19)14-8-20-12-3-1-2-4-13(12)21-14/h1-7,14H,8,17H2,(H,18,19). The summed E-state index contributed by atoms with van der Waals surface area (Å²) in [5.74, 6) is 0.890. The summed E-state index contributed by atoms with van der Waals surface area (Å²) in [6.45, 7) is 0.158. The van der Waals surface area contributed by atoms with Crippen molar-refractivity contribution >= 4 is 28.9 Å². The molecule has 0 saturated heterocycles. The number of nitrogen functional groups attached to an aromatic ring is 1. The van der Waals surface area contributed by atoms with E-state index in [1.807, 2.05) is 12.1 Å². The number of hydrogen-bond donors (Lipinski definition) is 2. The molecule has 1 atom stereocenters. The number of hydrogen-bond acceptors (Lipinski definition) is 4. The van der Waals surface area contributed by atoms with Gasteiger partial charge in [0, 0.05) is 5.69 Å². The minimum Gasteiger partial charge on any atom is -0.485 e. The number of rotatable bonds is 2. The van der Waals surface area contributed by atoms with Crippen LogP contribution in [0.15, 0.2) is 42.5 Å². The molecule has 3 rings (SSSR count). The van der Waals surface area contributed by atoms with E-state index in [1.165, 1.54) is 0 Å². The Labute approximate surface area is 126 Å². The second-order valence-electron chi connectivity index (χ2n) is 4.59. The molecule has 3 N–H and O–H groups in total. The molecular formula is C15H13ClN2O3. The Morgan fingerprint density at radius 3 is 2.76 bits per heavy atom. The molecule has 0 aliphatic carbocycles. The number of benzene rings is 2. The summed E-state index contributed by atoms with van der Waals surface area (Å²) in [5.41, 5.74) is 6.64. The zero-order chi connectivity index (χ0) is 14.8. The largest absolute Gasteiger partial charge is 0.485 e. The highest BCUT2D eigenvalue weighted by molar-refractivity contribution is 6.33. The fourth-order valence-corrected chi connectivity index (χ4v) is 2.16. The number of ether oxygens (including phenoxy) is 2. The molecule has 21 heavy (non-hydrogen) atoms. The third kappa shape index (κ3) is 2.87. The summed E-state index contributed by atoms with van der Waals surface area (Å²) >= 11 is 5.92. The minimum absolute atomic E-state index is 0.158. The Kier molecular flexibility index (Phi) is 3.58. The molecule has 0 saturated carbocycles. The van der Waals surface area contributed by atoms with E-state index >= 15 is 0 Å². The number of amides is 1. The first-order valence-electron chi connectivity index (χ1n) is 6.38. The van der Waals surface area contributed by atoms with Gasteiger partial charge in [0.25, 0.3) is 5.91 Å². The van der Waals surface area contributed by atoms with Crippen LogP contribution in [0.25, 0.3) is 0 Å². The van der Waals surface area contributed by atoms with Crippen molar-refractivity contribution in [1.82, 2.24) is 0 Å². The van der Waals surface area contributed by atoms with Crippen LogP contribution in [0, 0.1) is 0 Å². The van der Waals surface area contributed by atoms with Gasteiger partial charge >= 0.3 is 0 Å². The fourth-order valence-electron chi connectivity index (χ4n) is 1.98. The van der Waals surface area contributed by atoms with E-state index in [4.69, 9.17) is 26.8 Å². The number of fused-ring (bicyclic) bond motifs is 1. The molecular weight excluding hydrogens is 292 g/mol. The summed E-state index contributed by atoms with van der Waals surface area (Å²) in [6, 6.07) is 12.1. The van der Waals surface area contributed by atoms with Gasteiger partial charge in [0.1, 0.15) is 6.61 Å². The van der Waals surface area contributed by atoms with Crippen LogP contribution in [-0.4, -0.2) is 18.6 Å². The van der Waals surface area contributed by atoms with Gasteiger partial charge in [-0.05, 0) is 30.3 Å². The van der Waals surface area contributed by atoms with Crippen LogP contribution < -0.4 is 20.5 Å². The molecule has 1 heterocycles. The van der Waals surface area contributed by atoms with E-state index in [0.29, 0.717) is 27.9 Å². The van der Waals surface area contributed by atoms with Crippen LogP contribution in [0.3, 0.4) is 0 Å². The number of nitrogens with one attached hydrogen (secondary N) is 1. The lowest BCUT2D eigenvalue weighted by Crippen LogP contribution is -2.40. The molecule has 2 aromatic carbocycles. The molecule has 1 aliphatic heterocycles. The van der Waals surface area contributed by atoms with E-state index < -0.39 is 6.10 Å². The molecule has 2 aromatic rings. The van der Waals surface area contributed by atoms with Crippen LogP contribution in [-0.2, 0) is 4.79 Å². The monoisotopic (exact) mass is 304 g/mol. The number of anilines is 2. The summed E-state index contributed by atoms with van der Waals surface area (Å²) in [5, 5.41) is 3.11. The maximum atomic E-state index is 12.2. The highest BCUT2D eigenvalue weighted by atomic mass is 35.5. The molecule has 0 aromatic heterocycles. The maximum Gasteiger partial charge on any atom is 0.269 e. The molecule has 0 bridgehead atoms. The summed E-state index contributed by atoms with van der Waals surface area (Å²) in [6.07, 6.45) is -0.712. The second-order valence-corrected chi connectivity index (χ2v) is 5.00. The first-order valence-corrected chi connectivity index (χ1v) is 6.75. The van der Waals surface area contributed by atoms with E-state index in [2.05, 4.69) is 5.32 Å². The summed E-state index contributed by atoms with van der Waals surface area (Å²) < 4.78 is 11.1. The number of carbonyl (C=O) groups is 1. The second kappa shape index (κ2) is 5.54. The van der Waals surface area contributed by atoms with Crippen LogP contribution in [0.4, 0.5) is 11.4 Å². The number of nitrogens with two attached hydrogens (primary N) is 1. The summed E-state index contributed by atoms with van der Waals surface area (Å²) in [7, 11) is 0. The van der Waals surface area contributed by atoms with Crippen molar-refractivity contribution in [3.8, 4) is 11.5 Å². The van der Waals surface area contributed by atoms with Crippen molar-refractivity contribution in [1.29, 1.82) is 0 Å². The van der Waals surface area contributed by atoms with Gasteiger partial charge in [-0.3, -0.25) is 4.79 Å². The smallest absolute Gasteiger partial charge is 0.269 e. The Balaban J connectivity index is 1.70. The van der Waals surface area contributed by atoms with Gasteiger partial charge in [0.15, 0.2) is 11.5 Å². The van der Waals surface area contributed by atoms with E-state index in [1.54, 1.807) is 30.3 Å². The van der Waals surface area contributed by atoms with Gasteiger partial charge in [-0.15, -0.1) is 0 Å². The van der Waals surface area contributed by atoms with Crippen molar-refractivity contribution in [3.05, 3.63) is 47.5 Å². The van der Waals surface area contributed by atoms with E-state index in [-0.39, 0.29) is 12.5 Å². The molecule has 1 amide bonds. The Hall–Kier alpha value is -2.40. The average Bonchev–Trinajstić information content (AvgIpc) is 2.50. The predicted octanol–water partition coefficient (Wildman–Crippen LogP) is 2.70. The van der Waals surface area contributed by atoms with Crippen LogP contribution in [0.2, 0.25) is 5.02 Å². The van der Waals surface area contributed by atoms with Crippen LogP contribution >= 0.6 is 11.6 Å². The lowest BCUT2D eigenvalue weighted by Gasteiger charge is -2.25. The topological polar surface area (TPSA) is 73.6 Å². The van der Waals surface area contributed by atoms with Gasteiger partial charge in [-0.1, -0.05) is 23.7 Å².